The van der Waals surface area contributed by atoms with Gasteiger partial charge >= 0.3 is 0 Å². The SMILES string of the molecule is CCCCN(CC)C(=O)c1cn(C)nc1S(=O)(=O)N1CCN(c2cc(Cl)ccc2C)CC1. The quantitative estimate of drug-likeness (QED) is 0.578. The Balaban J connectivity index is 1.81. The van der Waals surface area contributed by atoms with Crippen LogP contribution >= 0.6 is 11.6 Å². The number of amides is 1. The molecule has 176 valence electrons. The maximum absolute atomic E-state index is 13.5. The molecule has 1 fully saturated rings. The molecule has 1 saturated heterocycles. The Kier molecular flexibility index (Phi) is 7.84. The van der Waals surface area contributed by atoms with E-state index in [0.717, 1.165) is 24.1 Å². The molecule has 0 bridgehead atoms. The predicted molar refractivity (Wildman–Crippen MR) is 127 cm³/mol. The highest BCUT2D eigenvalue weighted by Crippen LogP contribution is 2.27. The topological polar surface area (TPSA) is 78.8 Å². The van der Waals surface area contributed by atoms with Crippen LogP contribution in [0.1, 0.15) is 42.6 Å². The van der Waals surface area contributed by atoms with Crippen LogP contribution in [0.15, 0.2) is 29.4 Å². The Hall–Kier alpha value is -2.10. The van der Waals surface area contributed by atoms with Crippen molar-refractivity contribution >= 4 is 33.2 Å². The summed E-state index contributed by atoms with van der Waals surface area (Å²) < 4.78 is 29.7. The average Bonchev–Trinajstić information content (AvgIpc) is 3.18. The number of aromatic nitrogens is 2. The molecule has 3 rings (SSSR count). The molecule has 0 saturated carbocycles. The van der Waals surface area contributed by atoms with Crippen molar-refractivity contribution in [2.24, 2.45) is 7.05 Å². The van der Waals surface area contributed by atoms with Crippen LogP contribution in [0.5, 0.6) is 0 Å². The van der Waals surface area contributed by atoms with E-state index in [-0.39, 0.29) is 16.5 Å². The van der Waals surface area contributed by atoms with E-state index in [9.17, 15) is 13.2 Å². The minimum atomic E-state index is -3.90. The number of nitrogens with zero attached hydrogens (tertiary/aromatic N) is 5. The van der Waals surface area contributed by atoms with Gasteiger partial charge in [-0.1, -0.05) is 31.0 Å². The van der Waals surface area contributed by atoms with E-state index in [4.69, 9.17) is 11.6 Å². The minimum Gasteiger partial charge on any atom is -0.369 e. The summed E-state index contributed by atoms with van der Waals surface area (Å²) in [5.41, 5.74) is 2.24. The molecule has 0 aliphatic carbocycles. The monoisotopic (exact) mass is 481 g/mol. The first kappa shape index (κ1) is 24.5. The van der Waals surface area contributed by atoms with Gasteiger partial charge in [-0.25, -0.2) is 8.42 Å². The highest BCUT2D eigenvalue weighted by atomic mass is 35.5. The fraction of sp³-hybridized carbons (Fsp3) is 0.545. The molecule has 1 aromatic heterocycles. The normalized spacial score (nSPS) is 15.2. The lowest BCUT2D eigenvalue weighted by atomic mass is 10.1. The third kappa shape index (κ3) is 5.10. The lowest BCUT2D eigenvalue weighted by Crippen LogP contribution is -2.49. The molecule has 0 radical (unpaired) electrons. The summed E-state index contributed by atoms with van der Waals surface area (Å²) in [6.07, 6.45) is 3.33. The van der Waals surface area contributed by atoms with Gasteiger partial charge < -0.3 is 9.80 Å². The maximum atomic E-state index is 13.5. The molecular weight excluding hydrogens is 450 g/mol. The number of piperazine rings is 1. The summed E-state index contributed by atoms with van der Waals surface area (Å²) >= 11 is 6.16. The Morgan fingerprint density at radius 2 is 1.88 bits per heavy atom. The maximum Gasteiger partial charge on any atom is 0.263 e. The van der Waals surface area contributed by atoms with Crippen molar-refractivity contribution in [2.75, 3.05) is 44.2 Å². The van der Waals surface area contributed by atoms with Gasteiger partial charge in [-0.3, -0.25) is 9.48 Å². The van der Waals surface area contributed by atoms with Gasteiger partial charge in [0.15, 0.2) is 0 Å². The van der Waals surface area contributed by atoms with Crippen LogP contribution in [-0.2, 0) is 17.1 Å². The van der Waals surface area contributed by atoms with Gasteiger partial charge in [0.1, 0.15) is 0 Å². The molecule has 0 spiro atoms. The second-order valence-corrected chi connectivity index (χ2v) is 10.4. The molecule has 1 aromatic carbocycles. The van der Waals surface area contributed by atoms with E-state index in [1.165, 1.54) is 15.2 Å². The van der Waals surface area contributed by atoms with Crippen LogP contribution in [0.2, 0.25) is 5.02 Å². The molecule has 1 amide bonds. The number of rotatable bonds is 8. The van der Waals surface area contributed by atoms with Crippen LogP contribution in [0.4, 0.5) is 5.69 Å². The molecular formula is C22H32ClN5O3S. The van der Waals surface area contributed by atoms with Crippen molar-refractivity contribution in [3.8, 4) is 0 Å². The van der Waals surface area contributed by atoms with Crippen molar-refractivity contribution in [3.05, 3.63) is 40.5 Å². The third-order valence-corrected chi connectivity index (χ3v) is 7.88. The summed E-state index contributed by atoms with van der Waals surface area (Å²) in [5.74, 6) is -0.291. The molecule has 32 heavy (non-hydrogen) atoms. The lowest BCUT2D eigenvalue weighted by molar-refractivity contribution is 0.0758. The lowest BCUT2D eigenvalue weighted by Gasteiger charge is -2.36. The first-order chi connectivity index (χ1) is 15.2. The number of anilines is 1. The number of benzene rings is 1. The van der Waals surface area contributed by atoms with E-state index in [0.29, 0.717) is 44.3 Å². The number of carbonyl (C=O) groups is 1. The van der Waals surface area contributed by atoms with Crippen molar-refractivity contribution in [3.63, 3.8) is 0 Å². The molecule has 0 unspecified atom stereocenters. The number of halogens is 1. The van der Waals surface area contributed by atoms with Crippen LogP contribution in [-0.4, -0.2) is 72.6 Å². The number of hydrogen-bond acceptors (Lipinski definition) is 5. The summed E-state index contributed by atoms with van der Waals surface area (Å²) in [4.78, 5) is 16.9. The van der Waals surface area contributed by atoms with Gasteiger partial charge in [-0.05, 0) is 38.0 Å². The number of carbonyl (C=O) groups excluding carboxylic acids is 1. The molecule has 1 aliphatic rings. The van der Waals surface area contributed by atoms with E-state index in [1.807, 2.05) is 32.0 Å². The largest absolute Gasteiger partial charge is 0.369 e. The standard InChI is InChI=1S/C22H32ClN5O3S/c1-5-7-10-26(6-2)22(29)19-16-25(4)24-21(19)32(30,31)28-13-11-27(12-14-28)20-15-18(23)9-8-17(20)3/h8-9,15-16H,5-7,10-14H2,1-4H3. The van der Waals surface area contributed by atoms with Crippen LogP contribution in [0.3, 0.4) is 0 Å². The van der Waals surface area contributed by atoms with E-state index >= 15 is 0 Å². The highest BCUT2D eigenvalue weighted by molar-refractivity contribution is 7.89. The van der Waals surface area contributed by atoms with Crippen LogP contribution in [0.25, 0.3) is 0 Å². The fourth-order valence-electron chi connectivity index (χ4n) is 3.94. The zero-order valence-electron chi connectivity index (χ0n) is 19.2. The third-order valence-electron chi connectivity index (χ3n) is 5.81. The number of hydrogen-bond donors (Lipinski definition) is 0. The van der Waals surface area contributed by atoms with Gasteiger partial charge in [-0.15, -0.1) is 0 Å². The smallest absolute Gasteiger partial charge is 0.263 e. The van der Waals surface area contributed by atoms with Crippen molar-refractivity contribution in [1.29, 1.82) is 0 Å². The highest BCUT2D eigenvalue weighted by Gasteiger charge is 2.35. The van der Waals surface area contributed by atoms with Gasteiger partial charge in [0.05, 0.1) is 5.56 Å². The number of unbranched alkanes of at least 4 members (excludes halogenated alkanes) is 1. The molecule has 2 aromatic rings. The second kappa shape index (κ2) is 10.2. The van der Waals surface area contributed by atoms with Gasteiger partial charge in [0, 0.05) is 63.2 Å². The Bertz CT molecular complexity index is 1060. The molecule has 8 nitrogen and oxygen atoms in total. The van der Waals surface area contributed by atoms with Crippen LogP contribution in [0, 0.1) is 6.92 Å². The summed E-state index contributed by atoms with van der Waals surface area (Å²) in [6, 6.07) is 5.72. The second-order valence-electron chi connectivity index (χ2n) is 8.08. The summed E-state index contributed by atoms with van der Waals surface area (Å²) in [6.45, 7) is 8.78. The predicted octanol–water partition coefficient (Wildman–Crippen LogP) is 3.16. The van der Waals surface area contributed by atoms with Crippen LogP contribution < -0.4 is 4.90 Å². The zero-order chi connectivity index (χ0) is 23.5. The van der Waals surface area contributed by atoms with E-state index < -0.39 is 10.0 Å². The van der Waals surface area contributed by atoms with Crippen molar-refractivity contribution in [1.82, 2.24) is 19.0 Å². The number of aryl methyl sites for hydroxylation is 2. The zero-order valence-corrected chi connectivity index (χ0v) is 20.8. The fourth-order valence-corrected chi connectivity index (χ4v) is 5.65. The van der Waals surface area contributed by atoms with Gasteiger partial charge in [0.25, 0.3) is 15.9 Å². The summed E-state index contributed by atoms with van der Waals surface area (Å²) in [5, 5.41) is 4.68. The molecule has 1 aliphatic heterocycles. The Labute approximate surface area is 195 Å². The molecule has 10 heteroatoms. The van der Waals surface area contributed by atoms with Gasteiger partial charge in [0.2, 0.25) is 5.03 Å². The van der Waals surface area contributed by atoms with Crippen molar-refractivity contribution in [2.45, 2.75) is 38.6 Å². The van der Waals surface area contributed by atoms with E-state index in [1.54, 1.807) is 11.9 Å². The minimum absolute atomic E-state index is 0.138. The molecule has 0 N–H and O–H groups in total. The first-order valence-corrected chi connectivity index (χ1v) is 12.8. The number of sulfonamides is 1. The Morgan fingerprint density at radius 3 is 2.50 bits per heavy atom. The average molecular weight is 482 g/mol. The summed E-state index contributed by atoms with van der Waals surface area (Å²) in [7, 11) is -2.26. The Morgan fingerprint density at radius 1 is 1.19 bits per heavy atom. The first-order valence-electron chi connectivity index (χ1n) is 11.0. The molecule has 0 atom stereocenters. The van der Waals surface area contributed by atoms with Crippen molar-refractivity contribution < 1.29 is 13.2 Å². The van der Waals surface area contributed by atoms with E-state index in [2.05, 4.69) is 16.9 Å². The molecule has 2 heterocycles. The van der Waals surface area contributed by atoms with Gasteiger partial charge in [-0.2, -0.15) is 9.40 Å².